The Morgan fingerprint density at radius 3 is 2.79 bits per heavy atom. The van der Waals surface area contributed by atoms with Crippen LogP contribution in [0.25, 0.3) is 0 Å². The number of hydrogen-bond acceptors (Lipinski definition) is 4. The fourth-order valence-electron chi connectivity index (χ4n) is 2.06. The van der Waals surface area contributed by atoms with Gasteiger partial charge in [-0.3, -0.25) is 4.79 Å². The van der Waals surface area contributed by atoms with Crippen LogP contribution in [0.3, 0.4) is 0 Å². The van der Waals surface area contributed by atoms with E-state index in [0.29, 0.717) is 23.4 Å². The largest absolute Gasteiger partial charge is 0.352 e. The minimum absolute atomic E-state index is 0.0211. The first kappa shape index (κ1) is 14.9. The van der Waals surface area contributed by atoms with Crippen molar-refractivity contribution in [3.05, 3.63) is 28.2 Å². The molecule has 0 saturated carbocycles. The van der Waals surface area contributed by atoms with Crippen molar-refractivity contribution in [2.75, 3.05) is 18.1 Å². The molecule has 1 aromatic rings. The van der Waals surface area contributed by atoms with Crippen LogP contribution in [-0.4, -0.2) is 32.4 Å². The Labute approximate surface area is 126 Å². The van der Waals surface area contributed by atoms with Crippen molar-refractivity contribution in [1.82, 2.24) is 5.32 Å². The second-order valence-corrected chi connectivity index (χ2v) is 8.27. The molecule has 1 aromatic carbocycles. The molecule has 1 amide bonds. The van der Waals surface area contributed by atoms with Crippen LogP contribution in [0.15, 0.2) is 27.6 Å². The second-order valence-electron chi connectivity index (χ2n) is 4.64. The first-order valence-corrected chi connectivity index (χ1v) is 8.91. The summed E-state index contributed by atoms with van der Waals surface area (Å²) >= 11 is 7.55. The van der Waals surface area contributed by atoms with Crippen molar-refractivity contribution >= 4 is 44.3 Å². The number of carbonyl (C=O) groups excluding carboxylic acids is 1. The number of nitrogens with one attached hydrogen (secondary N) is 1. The van der Waals surface area contributed by atoms with Crippen molar-refractivity contribution in [3.8, 4) is 0 Å². The maximum atomic E-state index is 12.0. The average molecular weight is 364 g/mol. The standard InChI is InChI=1S/C12H14BrNO3S2/c13-9-1-2-10(11(18)5-9)12(15)14-6-8-3-4-19(16,17)7-8/h1-2,5,8,18H,3-4,6-7H2,(H,14,15). The maximum absolute atomic E-state index is 12.0. The van der Waals surface area contributed by atoms with Gasteiger partial charge in [0, 0.05) is 15.9 Å². The predicted octanol–water partition coefficient (Wildman–Crippen LogP) is 1.90. The number of halogens is 1. The molecule has 1 atom stereocenters. The lowest BCUT2D eigenvalue weighted by Gasteiger charge is -2.11. The Morgan fingerprint density at radius 2 is 2.21 bits per heavy atom. The van der Waals surface area contributed by atoms with Gasteiger partial charge in [0.1, 0.15) is 0 Å². The topological polar surface area (TPSA) is 63.2 Å². The monoisotopic (exact) mass is 363 g/mol. The normalized spacial score (nSPS) is 21.3. The van der Waals surface area contributed by atoms with E-state index in [0.717, 1.165) is 4.47 Å². The van der Waals surface area contributed by atoms with E-state index >= 15 is 0 Å². The summed E-state index contributed by atoms with van der Waals surface area (Å²) in [6.07, 6.45) is 0.622. The SMILES string of the molecule is O=C(NCC1CCS(=O)(=O)C1)c1ccc(Br)cc1S. The van der Waals surface area contributed by atoms with E-state index in [1.807, 2.05) is 0 Å². The summed E-state index contributed by atoms with van der Waals surface area (Å²) in [6.45, 7) is 0.390. The molecule has 19 heavy (non-hydrogen) atoms. The zero-order valence-electron chi connectivity index (χ0n) is 10.1. The van der Waals surface area contributed by atoms with Gasteiger partial charge in [0.2, 0.25) is 0 Å². The fraction of sp³-hybridized carbons (Fsp3) is 0.417. The van der Waals surface area contributed by atoms with Crippen LogP contribution in [0.1, 0.15) is 16.8 Å². The van der Waals surface area contributed by atoms with Gasteiger partial charge in [-0.25, -0.2) is 8.42 Å². The highest BCUT2D eigenvalue weighted by atomic mass is 79.9. The summed E-state index contributed by atoms with van der Waals surface area (Å²) < 4.78 is 23.5. The Hall–Kier alpha value is -0.530. The molecular weight excluding hydrogens is 350 g/mol. The highest BCUT2D eigenvalue weighted by Gasteiger charge is 2.28. The lowest BCUT2D eigenvalue weighted by molar-refractivity contribution is 0.0945. The third-order valence-electron chi connectivity index (χ3n) is 3.08. The Balaban J connectivity index is 1.95. The lowest BCUT2D eigenvalue weighted by atomic mass is 10.1. The van der Waals surface area contributed by atoms with Crippen LogP contribution in [0.5, 0.6) is 0 Å². The van der Waals surface area contributed by atoms with Crippen LogP contribution in [0.4, 0.5) is 0 Å². The lowest BCUT2D eigenvalue weighted by Crippen LogP contribution is -2.30. The number of sulfone groups is 1. The fourth-order valence-corrected chi connectivity index (χ4v) is 4.78. The van der Waals surface area contributed by atoms with Gasteiger partial charge in [-0.05, 0) is 30.5 Å². The summed E-state index contributed by atoms with van der Waals surface area (Å²) in [5.41, 5.74) is 0.493. The van der Waals surface area contributed by atoms with E-state index in [1.165, 1.54) is 0 Å². The van der Waals surface area contributed by atoms with E-state index in [1.54, 1.807) is 18.2 Å². The van der Waals surface area contributed by atoms with Crippen LogP contribution < -0.4 is 5.32 Å². The molecule has 0 bridgehead atoms. The van der Waals surface area contributed by atoms with Gasteiger partial charge in [-0.2, -0.15) is 0 Å². The smallest absolute Gasteiger partial charge is 0.252 e. The number of amides is 1. The highest BCUT2D eigenvalue weighted by molar-refractivity contribution is 9.10. The van der Waals surface area contributed by atoms with Gasteiger partial charge >= 0.3 is 0 Å². The number of carbonyl (C=O) groups is 1. The molecule has 4 nitrogen and oxygen atoms in total. The Bertz CT molecular complexity index is 601. The number of rotatable bonds is 3. The van der Waals surface area contributed by atoms with E-state index in [4.69, 9.17) is 0 Å². The van der Waals surface area contributed by atoms with Crippen LogP contribution >= 0.6 is 28.6 Å². The molecule has 1 fully saturated rings. The first-order valence-electron chi connectivity index (χ1n) is 5.84. The number of benzene rings is 1. The van der Waals surface area contributed by atoms with Crippen LogP contribution in [0, 0.1) is 5.92 Å². The molecule has 104 valence electrons. The van der Waals surface area contributed by atoms with E-state index < -0.39 is 9.84 Å². The number of hydrogen-bond donors (Lipinski definition) is 2. The molecule has 1 heterocycles. The van der Waals surface area contributed by atoms with Crippen molar-refractivity contribution < 1.29 is 13.2 Å². The Kier molecular flexibility index (Phi) is 4.58. The summed E-state index contributed by atoms with van der Waals surface area (Å²) in [6, 6.07) is 5.21. The molecule has 1 aliphatic heterocycles. The molecule has 2 rings (SSSR count). The number of thiol groups is 1. The average Bonchev–Trinajstić information content (AvgIpc) is 2.66. The van der Waals surface area contributed by atoms with Crippen molar-refractivity contribution in [2.45, 2.75) is 11.3 Å². The summed E-state index contributed by atoms with van der Waals surface area (Å²) in [5.74, 6) is 0.194. The Morgan fingerprint density at radius 1 is 1.47 bits per heavy atom. The molecule has 0 aliphatic carbocycles. The van der Waals surface area contributed by atoms with Gasteiger partial charge in [0.05, 0.1) is 17.1 Å². The third kappa shape index (κ3) is 3.97. The predicted molar refractivity (Wildman–Crippen MR) is 80.5 cm³/mol. The molecule has 1 saturated heterocycles. The molecule has 7 heteroatoms. The highest BCUT2D eigenvalue weighted by Crippen LogP contribution is 2.21. The molecule has 0 aromatic heterocycles. The molecule has 1 N–H and O–H groups in total. The van der Waals surface area contributed by atoms with Crippen LogP contribution in [0.2, 0.25) is 0 Å². The quantitative estimate of drug-likeness (QED) is 0.806. The molecular formula is C12H14BrNO3S2. The summed E-state index contributed by atoms with van der Waals surface area (Å²) in [5, 5.41) is 2.77. The van der Waals surface area contributed by atoms with Gasteiger partial charge in [-0.1, -0.05) is 15.9 Å². The van der Waals surface area contributed by atoms with Crippen molar-refractivity contribution in [2.24, 2.45) is 5.92 Å². The van der Waals surface area contributed by atoms with Crippen molar-refractivity contribution in [1.29, 1.82) is 0 Å². The molecule has 0 spiro atoms. The van der Waals surface area contributed by atoms with E-state index in [2.05, 4.69) is 33.9 Å². The van der Waals surface area contributed by atoms with Gasteiger partial charge < -0.3 is 5.32 Å². The van der Waals surface area contributed by atoms with E-state index in [-0.39, 0.29) is 23.3 Å². The van der Waals surface area contributed by atoms with E-state index in [9.17, 15) is 13.2 Å². The first-order chi connectivity index (χ1) is 8.87. The maximum Gasteiger partial charge on any atom is 0.252 e. The van der Waals surface area contributed by atoms with Gasteiger partial charge in [-0.15, -0.1) is 12.6 Å². The second kappa shape index (κ2) is 5.85. The minimum atomic E-state index is -2.89. The minimum Gasteiger partial charge on any atom is -0.352 e. The zero-order valence-corrected chi connectivity index (χ0v) is 13.4. The van der Waals surface area contributed by atoms with Gasteiger partial charge in [0.25, 0.3) is 5.91 Å². The van der Waals surface area contributed by atoms with Gasteiger partial charge in [0.15, 0.2) is 9.84 Å². The zero-order chi connectivity index (χ0) is 14.0. The molecule has 1 unspecified atom stereocenters. The summed E-state index contributed by atoms with van der Waals surface area (Å²) in [7, 11) is -2.89. The molecule has 1 aliphatic rings. The third-order valence-corrected chi connectivity index (χ3v) is 5.78. The molecule has 0 radical (unpaired) electrons. The van der Waals surface area contributed by atoms with Crippen LogP contribution in [-0.2, 0) is 9.84 Å². The summed E-state index contributed by atoms with van der Waals surface area (Å²) in [4.78, 5) is 12.6. The van der Waals surface area contributed by atoms with Crippen molar-refractivity contribution in [3.63, 3.8) is 0 Å².